The van der Waals surface area contributed by atoms with Crippen LogP contribution in [0, 0.1) is 12.8 Å². The SMILES string of the molecule is CCC1CCCN(C(CN)c2ccc(C)c(Br)c2)CC1. The van der Waals surface area contributed by atoms with Crippen LogP contribution in [0.3, 0.4) is 0 Å². The largest absolute Gasteiger partial charge is 0.329 e. The van der Waals surface area contributed by atoms with E-state index in [0.717, 1.165) is 5.92 Å². The number of halogens is 1. The zero-order valence-corrected chi connectivity index (χ0v) is 14.3. The van der Waals surface area contributed by atoms with E-state index in [1.165, 1.54) is 54.4 Å². The van der Waals surface area contributed by atoms with Gasteiger partial charge in [0.05, 0.1) is 0 Å². The van der Waals surface area contributed by atoms with E-state index in [-0.39, 0.29) is 0 Å². The van der Waals surface area contributed by atoms with Crippen molar-refractivity contribution in [3.63, 3.8) is 0 Å². The number of nitrogens with zero attached hydrogens (tertiary/aromatic N) is 1. The number of benzene rings is 1. The monoisotopic (exact) mass is 338 g/mol. The number of hydrogen-bond acceptors (Lipinski definition) is 2. The summed E-state index contributed by atoms with van der Waals surface area (Å²) < 4.78 is 1.19. The van der Waals surface area contributed by atoms with Gasteiger partial charge < -0.3 is 5.73 Å². The lowest BCUT2D eigenvalue weighted by molar-refractivity contribution is 0.206. The van der Waals surface area contributed by atoms with Gasteiger partial charge in [0.1, 0.15) is 0 Å². The number of rotatable bonds is 4. The van der Waals surface area contributed by atoms with Gasteiger partial charge in [0.25, 0.3) is 0 Å². The van der Waals surface area contributed by atoms with E-state index in [4.69, 9.17) is 5.73 Å². The van der Waals surface area contributed by atoms with Crippen LogP contribution in [-0.4, -0.2) is 24.5 Å². The van der Waals surface area contributed by atoms with Gasteiger partial charge in [-0.2, -0.15) is 0 Å². The first-order valence-corrected chi connectivity index (χ1v) is 8.65. The Morgan fingerprint density at radius 3 is 2.80 bits per heavy atom. The fourth-order valence-corrected chi connectivity index (χ4v) is 3.62. The molecule has 0 bridgehead atoms. The highest BCUT2D eigenvalue weighted by atomic mass is 79.9. The van der Waals surface area contributed by atoms with Crippen molar-refractivity contribution in [2.24, 2.45) is 11.7 Å². The average molecular weight is 339 g/mol. The molecule has 112 valence electrons. The van der Waals surface area contributed by atoms with Crippen LogP contribution < -0.4 is 5.73 Å². The number of likely N-dealkylation sites (tertiary alicyclic amines) is 1. The van der Waals surface area contributed by atoms with Gasteiger partial charge in [0.15, 0.2) is 0 Å². The standard InChI is InChI=1S/C17H27BrN2/c1-3-14-5-4-9-20(10-8-14)17(12-19)15-7-6-13(2)16(18)11-15/h6-7,11,14,17H,3-5,8-10,12,19H2,1-2H3. The normalized spacial score (nSPS) is 22.5. The lowest BCUT2D eigenvalue weighted by Crippen LogP contribution is -2.34. The average Bonchev–Trinajstić information content (AvgIpc) is 2.69. The minimum atomic E-state index is 0.363. The van der Waals surface area contributed by atoms with Crippen LogP contribution in [-0.2, 0) is 0 Å². The van der Waals surface area contributed by atoms with Gasteiger partial charge >= 0.3 is 0 Å². The minimum absolute atomic E-state index is 0.363. The molecule has 1 fully saturated rings. The highest BCUT2D eigenvalue weighted by molar-refractivity contribution is 9.10. The molecule has 1 saturated heterocycles. The summed E-state index contributed by atoms with van der Waals surface area (Å²) in [4.78, 5) is 2.59. The molecule has 2 atom stereocenters. The molecule has 1 aliphatic rings. The minimum Gasteiger partial charge on any atom is -0.329 e. The number of hydrogen-bond donors (Lipinski definition) is 1. The molecule has 0 saturated carbocycles. The van der Waals surface area contributed by atoms with E-state index in [2.05, 4.69) is 52.9 Å². The van der Waals surface area contributed by atoms with Gasteiger partial charge in [-0.3, -0.25) is 4.90 Å². The molecule has 2 N–H and O–H groups in total. The molecule has 1 heterocycles. The van der Waals surface area contributed by atoms with Crippen molar-refractivity contribution in [3.8, 4) is 0 Å². The molecule has 2 unspecified atom stereocenters. The molecule has 20 heavy (non-hydrogen) atoms. The maximum Gasteiger partial charge on any atom is 0.0470 e. The molecule has 1 aromatic rings. The molecule has 2 rings (SSSR count). The summed E-state index contributed by atoms with van der Waals surface area (Å²) >= 11 is 3.64. The summed E-state index contributed by atoms with van der Waals surface area (Å²) in [6.45, 7) is 7.52. The van der Waals surface area contributed by atoms with Crippen molar-refractivity contribution in [3.05, 3.63) is 33.8 Å². The number of aryl methyl sites for hydroxylation is 1. The molecule has 0 radical (unpaired) electrons. The highest BCUT2D eigenvalue weighted by Crippen LogP contribution is 2.29. The second-order valence-corrected chi connectivity index (χ2v) is 6.86. The van der Waals surface area contributed by atoms with Crippen molar-refractivity contribution in [2.45, 2.75) is 45.6 Å². The van der Waals surface area contributed by atoms with Gasteiger partial charge in [0.2, 0.25) is 0 Å². The third kappa shape index (κ3) is 3.84. The van der Waals surface area contributed by atoms with Crippen LogP contribution in [0.25, 0.3) is 0 Å². The summed E-state index contributed by atoms with van der Waals surface area (Å²) in [7, 11) is 0. The summed E-state index contributed by atoms with van der Waals surface area (Å²) in [5.74, 6) is 0.906. The van der Waals surface area contributed by atoms with Crippen LogP contribution in [0.15, 0.2) is 22.7 Å². The number of nitrogens with two attached hydrogens (primary N) is 1. The summed E-state index contributed by atoms with van der Waals surface area (Å²) in [6.07, 6.45) is 5.32. The summed E-state index contributed by atoms with van der Waals surface area (Å²) in [6, 6.07) is 7.03. The smallest absolute Gasteiger partial charge is 0.0470 e. The van der Waals surface area contributed by atoms with Crippen LogP contribution in [0.2, 0.25) is 0 Å². The van der Waals surface area contributed by atoms with Crippen LogP contribution >= 0.6 is 15.9 Å². The fourth-order valence-electron chi connectivity index (χ4n) is 3.22. The van der Waals surface area contributed by atoms with E-state index in [9.17, 15) is 0 Å². The molecule has 2 nitrogen and oxygen atoms in total. The van der Waals surface area contributed by atoms with E-state index in [1.54, 1.807) is 0 Å². The van der Waals surface area contributed by atoms with E-state index in [0.29, 0.717) is 12.6 Å². The van der Waals surface area contributed by atoms with Crippen LogP contribution in [0.4, 0.5) is 0 Å². The Bertz CT molecular complexity index is 433. The van der Waals surface area contributed by atoms with Crippen molar-refractivity contribution in [1.29, 1.82) is 0 Å². The first-order chi connectivity index (χ1) is 9.65. The maximum absolute atomic E-state index is 6.08. The second kappa shape index (κ2) is 7.58. The topological polar surface area (TPSA) is 29.3 Å². The van der Waals surface area contributed by atoms with E-state index >= 15 is 0 Å². The van der Waals surface area contributed by atoms with Crippen LogP contribution in [0.1, 0.15) is 49.8 Å². The molecule has 0 spiro atoms. The van der Waals surface area contributed by atoms with E-state index < -0.39 is 0 Å². The predicted molar refractivity (Wildman–Crippen MR) is 89.9 cm³/mol. The van der Waals surface area contributed by atoms with Gasteiger partial charge in [0, 0.05) is 17.1 Å². The maximum atomic E-state index is 6.08. The first kappa shape index (κ1) is 16.0. The molecule has 1 aromatic carbocycles. The lowest BCUT2D eigenvalue weighted by atomic mass is 9.98. The predicted octanol–water partition coefficient (Wildman–Crippen LogP) is 4.27. The lowest BCUT2D eigenvalue weighted by Gasteiger charge is -2.30. The molecule has 0 amide bonds. The van der Waals surface area contributed by atoms with Crippen molar-refractivity contribution in [1.82, 2.24) is 4.90 Å². The zero-order chi connectivity index (χ0) is 14.5. The summed E-state index contributed by atoms with van der Waals surface area (Å²) in [5.41, 5.74) is 8.72. The zero-order valence-electron chi connectivity index (χ0n) is 12.7. The van der Waals surface area contributed by atoms with Crippen molar-refractivity contribution >= 4 is 15.9 Å². The first-order valence-electron chi connectivity index (χ1n) is 7.85. The second-order valence-electron chi connectivity index (χ2n) is 6.00. The van der Waals surface area contributed by atoms with Crippen LogP contribution in [0.5, 0.6) is 0 Å². The highest BCUT2D eigenvalue weighted by Gasteiger charge is 2.23. The Morgan fingerprint density at radius 1 is 1.35 bits per heavy atom. The Kier molecular flexibility index (Phi) is 6.06. The van der Waals surface area contributed by atoms with Gasteiger partial charge in [-0.1, -0.05) is 41.4 Å². The van der Waals surface area contributed by atoms with Gasteiger partial charge in [-0.05, 0) is 62.4 Å². The third-order valence-corrected chi connectivity index (χ3v) is 5.56. The molecular formula is C17H27BrN2. The fraction of sp³-hybridized carbons (Fsp3) is 0.647. The molecule has 3 heteroatoms. The van der Waals surface area contributed by atoms with Crippen molar-refractivity contribution in [2.75, 3.05) is 19.6 Å². The van der Waals surface area contributed by atoms with Gasteiger partial charge in [-0.15, -0.1) is 0 Å². The molecular weight excluding hydrogens is 312 g/mol. The quantitative estimate of drug-likeness (QED) is 0.888. The Hall–Kier alpha value is -0.380. The molecule has 1 aliphatic heterocycles. The summed E-state index contributed by atoms with van der Waals surface area (Å²) in [5, 5.41) is 0. The third-order valence-electron chi connectivity index (χ3n) is 4.70. The Morgan fingerprint density at radius 2 is 2.15 bits per heavy atom. The molecule has 0 aliphatic carbocycles. The Labute approximate surface area is 131 Å². The van der Waals surface area contributed by atoms with E-state index in [1.807, 2.05) is 0 Å². The van der Waals surface area contributed by atoms with Gasteiger partial charge in [-0.25, -0.2) is 0 Å². The van der Waals surface area contributed by atoms with Crippen molar-refractivity contribution < 1.29 is 0 Å². The Balaban J connectivity index is 2.12. The molecule has 0 aromatic heterocycles.